The van der Waals surface area contributed by atoms with Gasteiger partial charge in [-0.2, -0.15) is 0 Å². The molecule has 1 aromatic heterocycles. The fourth-order valence-electron chi connectivity index (χ4n) is 6.34. The van der Waals surface area contributed by atoms with Crippen molar-refractivity contribution in [1.29, 1.82) is 0 Å². The first-order valence-electron chi connectivity index (χ1n) is 15.3. The minimum Gasteiger partial charge on any atom is -0.410 e. The number of hydrogen-bond acceptors (Lipinski definition) is 2. The molecular formula is C39H42N2OSi. The van der Waals surface area contributed by atoms with E-state index in [2.05, 4.69) is 160 Å². The van der Waals surface area contributed by atoms with Gasteiger partial charge in [-0.25, -0.2) is 4.98 Å². The molecule has 1 aliphatic rings. The highest BCUT2D eigenvalue weighted by Crippen LogP contribution is 2.46. The molecule has 4 aromatic carbocycles. The third-order valence-corrected chi connectivity index (χ3v) is 14.1. The third kappa shape index (κ3) is 5.13. The number of rotatable bonds is 8. The van der Waals surface area contributed by atoms with Crippen LogP contribution >= 0.6 is 0 Å². The van der Waals surface area contributed by atoms with Crippen molar-refractivity contribution in [2.45, 2.75) is 63.4 Å². The van der Waals surface area contributed by atoms with Crippen molar-refractivity contribution < 1.29 is 4.43 Å². The van der Waals surface area contributed by atoms with Gasteiger partial charge in [0.25, 0.3) is 0 Å². The van der Waals surface area contributed by atoms with E-state index in [1.165, 1.54) is 27.8 Å². The van der Waals surface area contributed by atoms with Gasteiger partial charge in [0.1, 0.15) is 5.54 Å². The topological polar surface area (TPSA) is 27.1 Å². The van der Waals surface area contributed by atoms with Crippen LogP contribution in [0.15, 0.2) is 128 Å². The van der Waals surface area contributed by atoms with Crippen molar-refractivity contribution in [2.75, 3.05) is 0 Å². The van der Waals surface area contributed by atoms with Gasteiger partial charge in [-0.1, -0.05) is 137 Å². The number of aromatic nitrogens is 2. The fraction of sp³-hybridized carbons (Fsp3) is 0.256. The molecule has 1 atom stereocenters. The second kappa shape index (κ2) is 11.3. The molecule has 0 bridgehead atoms. The summed E-state index contributed by atoms with van der Waals surface area (Å²) in [5.41, 5.74) is 8.53. The third-order valence-electron chi connectivity index (χ3n) is 9.62. The second-order valence-electron chi connectivity index (χ2n) is 13.2. The monoisotopic (exact) mass is 582 g/mol. The Morgan fingerprint density at radius 2 is 1.33 bits per heavy atom. The summed E-state index contributed by atoms with van der Waals surface area (Å²) in [5, 5.41) is 0.149. The first-order valence-corrected chi connectivity index (χ1v) is 18.2. The highest BCUT2D eigenvalue weighted by molar-refractivity contribution is 6.74. The number of benzene rings is 4. The van der Waals surface area contributed by atoms with Crippen LogP contribution in [0.5, 0.6) is 0 Å². The van der Waals surface area contributed by atoms with Crippen LogP contribution in [0.1, 0.15) is 72.4 Å². The van der Waals surface area contributed by atoms with Crippen molar-refractivity contribution in [1.82, 2.24) is 9.55 Å². The van der Waals surface area contributed by atoms with Crippen LogP contribution in [0.4, 0.5) is 0 Å². The minimum atomic E-state index is -1.96. The van der Waals surface area contributed by atoms with E-state index in [-0.39, 0.29) is 11.1 Å². The van der Waals surface area contributed by atoms with Gasteiger partial charge in [-0.3, -0.25) is 0 Å². The molecule has 1 aliphatic carbocycles. The van der Waals surface area contributed by atoms with Gasteiger partial charge in [0.15, 0.2) is 8.32 Å². The molecule has 1 unspecified atom stereocenters. The van der Waals surface area contributed by atoms with Gasteiger partial charge >= 0.3 is 0 Å². The summed E-state index contributed by atoms with van der Waals surface area (Å²) in [5.74, 6) is 0. The average molecular weight is 583 g/mol. The summed E-state index contributed by atoms with van der Waals surface area (Å²) >= 11 is 0. The van der Waals surface area contributed by atoms with E-state index in [4.69, 9.17) is 9.41 Å². The Morgan fingerprint density at radius 1 is 0.791 bits per heavy atom. The van der Waals surface area contributed by atoms with E-state index < -0.39 is 13.9 Å². The van der Waals surface area contributed by atoms with E-state index in [0.717, 1.165) is 29.7 Å². The van der Waals surface area contributed by atoms with Crippen LogP contribution in [0.25, 0.3) is 5.57 Å². The largest absolute Gasteiger partial charge is 0.410 e. The lowest BCUT2D eigenvalue weighted by Gasteiger charge is -2.39. The van der Waals surface area contributed by atoms with Crippen molar-refractivity contribution in [2.24, 2.45) is 0 Å². The molecule has 0 fully saturated rings. The van der Waals surface area contributed by atoms with Crippen LogP contribution in [-0.4, -0.2) is 17.9 Å². The number of hydrogen-bond donors (Lipinski definition) is 0. The minimum absolute atomic E-state index is 0.0861. The quantitative estimate of drug-likeness (QED) is 0.134. The molecule has 0 amide bonds. The van der Waals surface area contributed by atoms with E-state index >= 15 is 0 Å². The van der Waals surface area contributed by atoms with E-state index in [1.807, 2.05) is 6.33 Å². The Labute approximate surface area is 258 Å². The molecule has 0 spiro atoms. The lowest BCUT2D eigenvalue weighted by Crippen LogP contribution is -2.41. The number of aryl methyl sites for hydroxylation is 1. The summed E-state index contributed by atoms with van der Waals surface area (Å²) in [6.45, 7) is 16.3. The molecule has 3 nitrogen and oxygen atoms in total. The van der Waals surface area contributed by atoms with Crippen LogP contribution in [0.2, 0.25) is 18.1 Å². The van der Waals surface area contributed by atoms with E-state index in [0.29, 0.717) is 0 Å². The molecule has 0 aliphatic heterocycles. The molecule has 5 aromatic rings. The molecule has 4 heteroatoms. The van der Waals surface area contributed by atoms with Crippen molar-refractivity contribution in [3.05, 3.63) is 167 Å². The summed E-state index contributed by atoms with van der Waals surface area (Å²) in [4.78, 5) is 5.03. The normalized spacial score (nSPS) is 15.3. The lowest BCUT2D eigenvalue weighted by molar-refractivity contribution is 0.185. The Hall–Kier alpha value is -3.99. The second-order valence-corrected chi connectivity index (χ2v) is 18.0. The highest BCUT2D eigenvalue weighted by Gasteiger charge is 2.42. The molecule has 0 saturated carbocycles. The maximum Gasteiger partial charge on any atom is 0.192 e. The molecule has 1 heterocycles. The average Bonchev–Trinajstić information content (AvgIpc) is 3.66. The Morgan fingerprint density at radius 3 is 1.84 bits per heavy atom. The zero-order chi connectivity index (χ0) is 30.2. The van der Waals surface area contributed by atoms with Crippen molar-refractivity contribution >= 4 is 13.9 Å². The van der Waals surface area contributed by atoms with E-state index in [9.17, 15) is 0 Å². The number of imidazole rings is 1. The molecule has 0 radical (unpaired) electrons. The maximum atomic E-state index is 7.02. The smallest absolute Gasteiger partial charge is 0.192 e. The Balaban J connectivity index is 1.47. The standard InChI is InChI=1S/C39H42N2OSi/c1-29(34-24-16-17-30-25-26-36(37(30)34)42-43(5,6)38(2,3)4)35-27-41(28-40-35)39(31-18-10-7-11-19-31,32-20-12-8-13-21-32)33-22-14-9-15-23-33/h7-24,27-28,36H,1,25-26H2,2-6H3. The summed E-state index contributed by atoms with van der Waals surface area (Å²) < 4.78 is 9.29. The Kier molecular flexibility index (Phi) is 7.62. The summed E-state index contributed by atoms with van der Waals surface area (Å²) in [6, 6.07) is 38.8. The molecule has 0 N–H and O–H groups in total. The van der Waals surface area contributed by atoms with Gasteiger partial charge in [0.05, 0.1) is 18.1 Å². The molecular weight excluding hydrogens is 541 g/mol. The lowest BCUT2D eigenvalue weighted by atomic mass is 9.76. The van der Waals surface area contributed by atoms with Gasteiger partial charge in [0.2, 0.25) is 0 Å². The van der Waals surface area contributed by atoms with Gasteiger partial charge < -0.3 is 8.99 Å². The number of fused-ring (bicyclic) bond motifs is 1. The van der Waals surface area contributed by atoms with Gasteiger partial charge in [-0.15, -0.1) is 0 Å². The molecule has 0 saturated heterocycles. The Bertz CT molecular complexity index is 1620. The first-order chi connectivity index (χ1) is 20.6. The summed E-state index contributed by atoms with van der Waals surface area (Å²) in [6.07, 6.45) is 6.28. The highest BCUT2D eigenvalue weighted by atomic mass is 28.4. The predicted molar refractivity (Wildman–Crippen MR) is 181 cm³/mol. The SMILES string of the molecule is C=C(c1cn(C(c2ccccc2)(c2ccccc2)c2ccccc2)cn1)c1cccc2c1C(O[Si](C)(C)C(C)(C)C)CC2. The molecule has 6 rings (SSSR count). The van der Waals surface area contributed by atoms with Crippen LogP contribution < -0.4 is 0 Å². The van der Waals surface area contributed by atoms with Crippen LogP contribution in [0, 0.1) is 0 Å². The van der Waals surface area contributed by atoms with Gasteiger partial charge in [-0.05, 0) is 64.4 Å². The molecule has 218 valence electrons. The van der Waals surface area contributed by atoms with E-state index in [1.54, 1.807) is 0 Å². The predicted octanol–water partition coefficient (Wildman–Crippen LogP) is 9.79. The maximum absolute atomic E-state index is 7.02. The van der Waals surface area contributed by atoms with Crippen molar-refractivity contribution in [3.63, 3.8) is 0 Å². The zero-order valence-corrected chi connectivity index (χ0v) is 27.0. The molecule has 43 heavy (non-hydrogen) atoms. The van der Waals surface area contributed by atoms with Crippen LogP contribution in [-0.2, 0) is 16.4 Å². The first kappa shape index (κ1) is 29.1. The fourth-order valence-corrected chi connectivity index (χ4v) is 7.64. The number of nitrogens with zero attached hydrogens (tertiary/aromatic N) is 2. The zero-order valence-electron chi connectivity index (χ0n) is 26.0. The van der Waals surface area contributed by atoms with Gasteiger partial charge in [0, 0.05) is 11.8 Å². The van der Waals surface area contributed by atoms with Crippen LogP contribution in [0.3, 0.4) is 0 Å². The van der Waals surface area contributed by atoms with Crippen molar-refractivity contribution in [3.8, 4) is 0 Å². The summed E-state index contributed by atoms with van der Waals surface area (Å²) in [7, 11) is -1.96.